The normalized spacial score (nSPS) is 10.6. The largest absolute Gasteiger partial charge is 0.496 e. The molecule has 0 bridgehead atoms. The number of carbonyl (C=O) groups is 2. The number of hydrogen-bond acceptors (Lipinski definition) is 3. The highest BCUT2D eigenvalue weighted by atomic mass is 79.9. The molecule has 0 fully saturated rings. The van der Waals surface area contributed by atoms with E-state index in [9.17, 15) is 9.59 Å². The second-order valence-electron chi connectivity index (χ2n) is 5.20. The minimum atomic E-state index is -0.522. The first-order valence-electron chi connectivity index (χ1n) is 7.65. The average molecular weight is 370 g/mol. The standard InChI is InChI=1S/C17H24BrNO3/c1-5-12(6-2)11-19(7-3)17(21)16(20)14-10-13(18)8-9-15(14)22-4/h8-10,12H,5-7,11H2,1-4H3. The van der Waals surface area contributed by atoms with Crippen LogP contribution in [0.2, 0.25) is 0 Å². The summed E-state index contributed by atoms with van der Waals surface area (Å²) in [7, 11) is 1.49. The monoisotopic (exact) mass is 369 g/mol. The molecule has 1 rings (SSSR count). The number of halogens is 1. The summed E-state index contributed by atoms with van der Waals surface area (Å²) in [5.74, 6) is -0.155. The van der Waals surface area contributed by atoms with E-state index >= 15 is 0 Å². The molecule has 0 aromatic heterocycles. The van der Waals surface area contributed by atoms with Crippen LogP contribution in [-0.4, -0.2) is 36.8 Å². The molecule has 0 saturated carbocycles. The van der Waals surface area contributed by atoms with Gasteiger partial charge in [0, 0.05) is 17.6 Å². The van der Waals surface area contributed by atoms with Gasteiger partial charge in [0.15, 0.2) is 0 Å². The minimum Gasteiger partial charge on any atom is -0.496 e. The van der Waals surface area contributed by atoms with Crippen LogP contribution in [0.5, 0.6) is 5.75 Å². The Morgan fingerprint density at radius 1 is 1.23 bits per heavy atom. The van der Waals surface area contributed by atoms with Crippen LogP contribution in [0, 0.1) is 5.92 Å². The van der Waals surface area contributed by atoms with Crippen molar-refractivity contribution in [3.63, 3.8) is 0 Å². The van der Waals surface area contributed by atoms with E-state index in [4.69, 9.17) is 4.74 Å². The van der Waals surface area contributed by atoms with Crippen molar-refractivity contribution in [3.8, 4) is 5.75 Å². The van der Waals surface area contributed by atoms with E-state index in [-0.39, 0.29) is 0 Å². The molecule has 1 aromatic carbocycles. The van der Waals surface area contributed by atoms with Crippen LogP contribution >= 0.6 is 15.9 Å². The Bertz CT molecular complexity index is 527. The van der Waals surface area contributed by atoms with E-state index in [1.165, 1.54) is 7.11 Å². The lowest BCUT2D eigenvalue weighted by Gasteiger charge is -2.25. The predicted octanol–water partition coefficient (Wildman–Crippen LogP) is 3.93. The molecule has 0 unspecified atom stereocenters. The Balaban J connectivity index is 3.00. The summed E-state index contributed by atoms with van der Waals surface area (Å²) >= 11 is 3.33. The topological polar surface area (TPSA) is 46.6 Å². The lowest BCUT2D eigenvalue weighted by Crippen LogP contribution is -2.39. The predicted molar refractivity (Wildman–Crippen MR) is 91.4 cm³/mol. The Morgan fingerprint density at radius 2 is 1.86 bits per heavy atom. The zero-order valence-corrected chi connectivity index (χ0v) is 15.3. The highest BCUT2D eigenvalue weighted by Crippen LogP contribution is 2.24. The number of Topliss-reactive ketones (excluding diaryl/α,β-unsaturated/α-hetero) is 1. The lowest BCUT2D eigenvalue weighted by atomic mass is 10.0. The zero-order valence-electron chi connectivity index (χ0n) is 13.7. The number of ether oxygens (including phenoxy) is 1. The van der Waals surface area contributed by atoms with Gasteiger partial charge in [-0.25, -0.2) is 0 Å². The number of amides is 1. The van der Waals surface area contributed by atoms with Gasteiger partial charge < -0.3 is 9.64 Å². The van der Waals surface area contributed by atoms with Crippen LogP contribution < -0.4 is 4.74 Å². The van der Waals surface area contributed by atoms with E-state index in [1.54, 1.807) is 23.1 Å². The smallest absolute Gasteiger partial charge is 0.295 e. The third kappa shape index (κ3) is 4.57. The summed E-state index contributed by atoms with van der Waals surface area (Å²) in [6.07, 6.45) is 1.99. The van der Waals surface area contributed by atoms with Crippen LogP contribution in [0.4, 0.5) is 0 Å². The van der Waals surface area contributed by atoms with E-state index < -0.39 is 11.7 Å². The molecule has 0 aliphatic carbocycles. The van der Waals surface area contributed by atoms with Crippen LogP contribution in [0.1, 0.15) is 44.0 Å². The molecular weight excluding hydrogens is 346 g/mol. The summed E-state index contributed by atoms with van der Waals surface area (Å²) in [4.78, 5) is 26.7. The SMILES string of the molecule is CCC(CC)CN(CC)C(=O)C(=O)c1cc(Br)ccc1OC. The Kier molecular flexibility index (Phi) is 7.59. The van der Waals surface area contributed by atoms with E-state index in [0.717, 1.165) is 17.3 Å². The number of nitrogens with zero attached hydrogens (tertiary/aromatic N) is 1. The zero-order chi connectivity index (χ0) is 16.7. The van der Waals surface area contributed by atoms with Crippen LogP contribution in [0.15, 0.2) is 22.7 Å². The summed E-state index contributed by atoms with van der Waals surface area (Å²) in [6.45, 7) is 7.24. The second kappa shape index (κ2) is 8.93. The molecule has 0 heterocycles. The first-order chi connectivity index (χ1) is 10.5. The first-order valence-corrected chi connectivity index (χ1v) is 8.44. The van der Waals surface area contributed by atoms with Crippen molar-refractivity contribution in [2.45, 2.75) is 33.6 Å². The van der Waals surface area contributed by atoms with Crippen molar-refractivity contribution in [1.29, 1.82) is 0 Å². The molecule has 0 N–H and O–H groups in total. The van der Waals surface area contributed by atoms with Gasteiger partial charge in [0.1, 0.15) is 5.75 Å². The average Bonchev–Trinajstić information content (AvgIpc) is 2.54. The fourth-order valence-corrected chi connectivity index (χ4v) is 2.69. The fourth-order valence-electron chi connectivity index (χ4n) is 2.33. The molecule has 22 heavy (non-hydrogen) atoms. The number of hydrogen-bond donors (Lipinski definition) is 0. The van der Waals surface area contributed by atoms with E-state index in [2.05, 4.69) is 29.8 Å². The lowest BCUT2D eigenvalue weighted by molar-refractivity contribution is -0.126. The summed E-state index contributed by atoms with van der Waals surface area (Å²) in [6, 6.07) is 5.09. The van der Waals surface area contributed by atoms with Crippen LogP contribution in [-0.2, 0) is 4.79 Å². The number of likely N-dealkylation sites (N-methyl/N-ethyl adjacent to an activating group) is 1. The third-order valence-electron chi connectivity index (χ3n) is 3.90. The summed E-state index contributed by atoms with van der Waals surface area (Å²) in [5, 5.41) is 0. The van der Waals surface area contributed by atoms with Gasteiger partial charge in [0.25, 0.3) is 11.7 Å². The molecule has 0 spiro atoms. The first kappa shape index (κ1) is 18.7. The van der Waals surface area contributed by atoms with Crippen molar-refractivity contribution in [2.24, 2.45) is 5.92 Å². The Hall–Kier alpha value is -1.36. The maximum Gasteiger partial charge on any atom is 0.295 e. The van der Waals surface area contributed by atoms with E-state index in [1.807, 2.05) is 6.92 Å². The van der Waals surface area contributed by atoms with Gasteiger partial charge in [-0.15, -0.1) is 0 Å². The van der Waals surface area contributed by atoms with Crippen LogP contribution in [0.3, 0.4) is 0 Å². The molecule has 5 heteroatoms. The van der Waals surface area contributed by atoms with E-state index in [0.29, 0.717) is 30.3 Å². The molecule has 122 valence electrons. The second-order valence-corrected chi connectivity index (χ2v) is 6.12. The minimum absolute atomic E-state index is 0.296. The van der Waals surface area contributed by atoms with Gasteiger partial charge in [-0.2, -0.15) is 0 Å². The van der Waals surface area contributed by atoms with Gasteiger partial charge in [-0.1, -0.05) is 42.6 Å². The van der Waals surface area contributed by atoms with Gasteiger partial charge in [0.2, 0.25) is 0 Å². The van der Waals surface area contributed by atoms with Crippen molar-refractivity contribution < 1.29 is 14.3 Å². The van der Waals surface area contributed by atoms with Crippen molar-refractivity contribution in [1.82, 2.24) is 4.90 Å². The summed E-state index contributed by atoms with van der Waals surface area (Å²) in [5.41, 5.74) is 0.296. The molecule has 0 radical (unpaired) electrons. The highest BCUT2D eigenvalue weighted by Gasteiger charge is 2.26. The third-order valence-corrected chi connectivity index (χ3v) is 4.40. The van der Waals surface area contributed by atoms with Gasteiger partial charge in [0.05, 0.1) is 12.7 Å². The molecule has 1 amide bonds. The van der Waals surface area contributed by atoms with Crippen LogP contribution in [0.25, 0.3) is 0 Å². The highest BCUT2D eigenvalue weighted by molar-refractivity contribution is 9.10. The number of rotatable bonds is 8. The molecule has 0 aliphatic rings. The van der Waals surface area contributed by atoms with Crippen molar-refractivity contribution >= 4 is 27.6 Å². The van der Waals surface area contributed by atoms with Crippen molar-refractivity contribution in [3.05, 3.63) is 28.2 Å². The maximum atomic E-state index is 12.5. The number of carbonyl (C=O) groups excluding carboxylic acids is 2. The molecule has 4 nitrogen and oxygen atoms in total. The molecule has 0 aliphatic heterocycles. The quantitative estimate of drug-likeness (QED) is 0.515. The molecular formula is C17H24BrNO3. The van der Waals surface area contributed by atoms with Gasteiger partial charge in [-0.05, 0) is 31.0 Å². The maximum absolute atomic E-state index is 12.5. The molecule has 0 atom stereocenters. The van der Waals surface area contributed by atoms with Crippen molar-refractivity contribution in [2.75, 3.05) is 20.2 Å². The summed E-state index contributed by atoms with van der Waals surface area (Å²) < 4.78 is 5.94. The Morgan fingerprint density at radius 3 is 2.36 bits per heavy atom. The Labute approximate surface area is 141 Å². The van der Waals surface area contributed by atoms with Gasteiger partial charge >= 0.3 is 0 Å². The molecule has 1 aromatic rings. The number of methoxy groups -OCH3 is 1. The molecule has 0 saturated heterocycles. The van der Waals surface area contributed by atoms with Gasteiger partial charge in [-0.3, -0.25) is 9.59 Å². The number of benzene rings is 1. The fraction of sp³-hybridized carbons (Fsp3) is 0.529. The number of ketones is 1.